The second kappa shape index (κ2) is 57.9. The van der Waals surface area contributed by atoms with Crippen LogP contribution in [0.4, 0.5) is 0 Å². The molecule has 0 aromatic rings. The second-order valence-corrected chi connectivity index (χ2v) is 21.0. The van der Waals surface area contributed by atoms with Gasteiger partial charge in [0, 0.05) is 12.8 Å². The molecule has 0 heterocycles. The maximum absolute atomic E-state index is 12.4. The van der Waals surface area contributed by atoms with Gasteiger partial charge in [-0.1, -0.05) is 295 Å². The van der Waals surface area contributed by atoms with Crippen LogP contribution >= 0.6 is 0 Å². The van der Waals surface area contributed by atoms with Gasteiger partial charge in [-0.2, -0.15) is 0 Å². The Morgan fingerprint density at radius 3 is 1.18 bits per heavy atom. The highest BCUT2D eigenvalue weighted by Crippen LogP contribution is 2.18. The van der Waals surface area contributed by atoms with Crippen molar-refractivity contribution in [2.75, 3.05) is 13.2 Å². The van der Waals surface area contributed by atoms with E-state index in [1.165, 1.54) is 250 Å². The van der Waals surface area contributed by atoms with Crippen LogP contribution in [-0.2, 0) is 14.3 Å². The number of amides is 1. The number of carbonyl (C=O) groups excluding carboxylic acids is 2. The predicted octanol–water partition coefficient (Wildman–Crippen LogP) is 19.0. The van der Waals surface area contributed by atoms with Crippen LogP contribution in [0, 0.1) is 0 Å². The molecule has 402 valence electrons. The Labute approximate surface area is 424 Å². The summed E-state index contributed by atoms with van der Waals surface area (Å²) < 4.78 is 5.47. The third-order valence-corrected chi connectivity index (χ3v) is 14.2. The maximum atomic E-state index is 12.4. The lowest BCUT2D eigenvalue weighted by atomic mass is 10.0. The highest BCUT2D eigenvalue weighted by molar-refractivity contribution is 5.76. The first-order valence-electron chi connectivity index (χ1n) is 30.6. The average molecular weight is 959 g/mol. The maximum Gasteiger partial charge on any atom is 0.305 e. The Morgan fingerprint density at radius 2 is 0.765 bits per heavy atom. The Bertz CT molecular complexity index is 1060. The van der Waals surface area contributed by atoms with E-state index in [9.17, 15) is 19.8 Å². The van der Waals surface area contributed by atoms with Crippen LogP contribution < -0.4 is 5.32 Å². The van der Waals surface area contributed by atoms with E-state index in [1.54, 1.807) is 0 Å². The summed E-state index contributed by atoms with van der Waals surface area (Å²) >= 11 is 0. The van der Waals surface area contributed by atoms with E-state index in [1.807, 2.05) is 0 Å². The topological polar surface area (TPSA) is 95.9 Å². The second-order valence-electron chi connectivity index (χ2n) is 21.0. The summed E-state index contributed by atoms with van der Waals surface area (Å²) in [7, 11) is 0. The standard InChI is InChI=1S/C62H119NO5/c1-3-5-7-9-11-13-15-32-36-40-44-48-52-56-62(67)68-57-53-49-45-41-37-34-31-29-27-25-23-21-19-17-16-18-20-22-24-26-28-30-33-35-39-43-47-51-55-61(66)63-59(58-64)60(65)54-50-46-42-38-14-12-10-8-6-4-2/h7,9,13,15,59-60,64-65H,3-6,8,10-12,14,16-58H2,1-2H3,(H,63,66)/b9-7-,15-13-. The number of carbonyl (C=O) groups is 2. The molecule has 0 aromatic heterocycles. The van der Waals surface area contributed by atoms with Crippen molar-refractivity contribution >= 4 is 11.9 Å². The average Bonchev–Trinajstić information content (AvgIpc) is 3.34. The summed E-state index contributed by atoms with van der Waals surface area (Å²) in [5.41, 5.74) is 0. The molecule has 0 aliphatic heterocycles. The SMILES string of the molecule is CCC/C=C\C/C=C\CCCCCCCC(=O)OCCCCCCCCCCCCCCCCCCCCCCCCCCCCCCC(=O)NC(CO)C(O)CCCCCCCCCCCC. The molecule has 6 nitrogen and oxygen atoms in total. The zero-order valence-electron chi connectivity index (χ0n) is 45.9. The minimum Gasteiger partial charge on any atom is -0.466 e. The van der Waals surface area contributed by atoms with Crippen molar-refractivity contribution in [3.8, 4) is 0 Å². The van der Waals surface area contributed by atoms with Gasteiger partial charge in [-0.15, -0.1) is 0 Å². The van der Waals surface area contributed by atoms with Crippen molar-refractivity contribution in [3.05, 3.63) is 24.3 Å². The van der Waals surface area contributed by atoms with E-state index in [2.05, 4.69) is 43.5 Å². The third kappa shape index (κ3) is 53.7. The van der Waals surface area contributed by atoms with Crippen molar-refractivity contribution in [2.24, 2.45) is 0 Å². The largest absolute Gasteiger partial charge is 0.466 e. The highest BCUT2D eigenvalue weighted by Gasteiger charge is 2.20. The molecular formula is C62H119NO5. The molecule has 0 rings (SSSR count). The lowest BCUT2D eigenvalue weighted by Crippen LogP contribution is -2.45. The lowest BCUT2D eigenvalue weighted by Gasteiger charge is -2.22. The first-order chi connectivity index (χ1) is 33.5. The summed E-state index contributed by atoms with van der Waals surface area (Å²) in [6.45, 7) is 4.88. The zero-order chi connectivity index (χ0) is 49.3. The van der Waals surface area contributed by atoms with Gasteiger partial charge in [-0.05, 0) is 51.4 Å². The van der Waals surface area contributed by atoms with Crippen molar-refractivity contribution in [2.45, 2.75) is 347 Å². The number of esters is 1. The molecule has 2 atom stereocenters. The minimum absolute atomic E-state index is 0.00343. The van der Waals surface area contributed by atoms with Gasteiger partial charge in [-0.25, -0.2) is 0 Å². The van der Waals surface area contributed by atoms with Gasteiger partial charge < -0.3 is 20.3 Å². The Morgan fingerprint density at radius 1 is 0.412 bits per heavy atom. The number of ether oxygens (including phenoxy) is 1. The fourth-order valence-electron chi connectivity index (χ4n) is 9.56. The summed E-state index contributed by atoms with van der Waals surface area (Å²) in [5.74, 6) is -0.0291. The van der Waals surface area contributed by atoms with Crippen LogP contribution in [0.1, 0.15) is 335 Å². The zero-order valence-corrected chi connectivity index (χ0v) is 45.9. The van der Waals surface area contributed by atoms with E-state index >= 15 is 0 Å². The van der Waals surface area contributed by atoms with E-state index in [-0.39, 0.29) is 18.5 Å². The first kappa shape index (κ1) is 66.3. The molecule has 0 radical (unpaired) electrons. The summed E-state index contributed by atoms with van der Waals surface area (Å²) in [6, 6.07) is -0.537. The quantitative estimate of drug-likeness (QED) is 0.0321. The fraction of sp³-hybridized carbons (Fsp3) is 0.903. The molecule has 0 aliphatic carbocycles. The van der Waals surface area contributed by atoms with E-state index in [0.29, 0.717) is 25.9 Å². The number of rotatable bonds is 57. The summed E-state index contributed by atoms with van der Waals surface area (Å²) in [5, 5.41) is 23.2. The van der Waals surface area contributed by atoms with Gasteiger partial charge in [0.1, 0.15) is 0 Å². The number of hydrogen-bond donors (Lipinski definition) is 3. The summed E-state index contributed by atoms with van der Waals surface area (Å²) in [6.07, 6.45) is 70.6. The summed E-state index contributed by atoms with van der Waals surface area (Å²) in [4.78, 5) is 24.4. The lowest BCUT2D eigenvalue weighted by molar-refractivity contribution is -0.143. The molecule has 6 heteroatoms. The van der Waals surface area contributed by atoms with Crippen LogP contribution in [-0.4, -0.2) is 47.4 Å². The van der Waals surface area contributed by atoms with Gasteiger partial charge in [0.2, 0.25) is 5.91 Å². The van der Waals surface area contributed by atoms with Crippen molar-refractivity contribution in [1.82, 2.24) is 5.32 Å². The van der Waals surface area contributed by atoms with Crippen molar-refractivity contribution < 1.29 is 24.5 Å². The van der Waals surface area contributed by atoms with Gasteiger partial charge in [0.15, 0.2) is 0 Å². The smallest absolute Gasteiger partial charge is 0.305 e. The van der Waals surface area contributed by atoms with E-state index < -0.39 is 12.1 Å². The van der Waals surface area contributed by atoms with Crippen LogP contribution in [0.25, 0.3) is 0 Å². The van der Waals surface area contributed by atoms with E-state index in [4.69, 9.17) is 4.74 Å². The predicted molar refractivity (Wildman–Crippen MR) is 296 cm³/mol. The van der Waals surface area contributed by atoms with Crippen LogP contribution in [0.5, 0.6) is 0 Å². The minimum atomic E-state index is -0.659. The number of allylic oxidation sites excluding steroid dienone is 4. The molecule has 0 aliphatic rings. The van der Waals surface area contributed by atoms with Crippen LogP contribution in [0.15, 0.2) is 24.3 Å². The van der Waals surface area contributed by atoms with Crippen molar-refractivity contribution in [1.29, 1.82) is 0 Å². The molecule has 0 spiro atoms. The van der Waals surface area contributed by atoms with Gasteiger partial charge >= 0.3 is 5.97 Å². The monoisotopic (exact) mass is 958 g/mol. The first-order valence-corrected chi connectivity index (χ1v) is 30.6. The molecular weight excluding hydrogens is 839 g/mol. The molecule has 2 unspecified atom stereocenters. The molecule has 68 heavy (non-hydrogen) atoms. The van der Waals surface area contributed by atoms with E-state index in [0.717, 1.165) is 51.4 Å². The molecule has 0 saturated carbocycles. The third-order valence-electron chi connectivity index (χ3n) is 14.2. The molecule has 1 amide bonds. The molecule has 0 fully saturated rings. The van der Waals surface area contributed by atoms with Gasteiger partial charge in [0.25, 0.3) is 0 Å². The molecule has 0 bridgehead atoms. The number of aliphatic hydroxyl groups is 2. The number of hydrogen-bond acceptors (Lipinski definition) is 5. The number of unbranched alkanes of at least 4 members (excludes halogenated alkanes) is 42. The molecule has 0 aromatic carbocycles. The molecule has 3 N–H and O–H groups in total. The van der Waals surface area contributed by atoms with Gasteiger partial charge in [0.05, 0.1) is 25.4 Å². The van der Waals surface area contributed by atoms with Crippen LogP contribution in [0.3, 0.4) is 0 Å². The highest BCUT2D eigenvalue weighted by atomic mass is 16.5. The number of aliphatic hydroxyl groups excluding tert-OH is 2. The Balaban J connectivity index is 3.32. The van der Waals surface area contributed by atoms with Gasteiger partial charge in [-0.3, -0.25) is 9.59 Å². The fourth-order valence-corrected chi connectivity index (χ4v) is 9.56. The Hall–Kier alpha value is -1.66. The normalized spacial score (nSPS) is 12.7. The van der Waals surface area contributed by atoms with Crippen LogP contribution in [0.2, 0.25) is 0 Å². The Kier molecular flexibility index (Phi) is 56.5. The van der Waals surface area contributed by atoms with Crippen molar-refractivity contribution in [3.63, 3.8) is 0 Å². The molecule has 0 saturated heterocycles. The number of nitrogens with one attached hydrogen (secondary N) is 1.